The van der Waals surface area contributed by atoms with Gasteiger partial charge in [0.1, 0.15) is 6.04 Å². The van der Waals surface area contributed by atoms with Gasteiger partial charge in [0.15, 0.2) is 0 Å². The molecule has 4 rings (SSSR count). The second-order valence-electron chi connectivity index (χ2n) is 11.4. The Kier molecular flexibility index (Phi) is 9.10. The Balaban J connectivity index is 1.57. The van der Waals surface area contributed by atoms with E-state index in [-0.39, 0.29) is 5.91 Å². The van der Waals surface area contributed by atoms with E-state index in [0.717, 1.165) is 27.9 Å². The summed E-state index contributed by atoms with van der Waals surface area (Å²) in [5.74, 6) is -0.614. The molecule has 4 amide bonds. The van der Waals surface area contributed by atoms with Crippen molar-refractivity contribution in [3.63, 3.8) is 0 Å². The maximum Gasteiger partial charge on any atom is 0.316 e. The second kappa shape index (κ2) is 12.5. The van der Waals surface area contributed by atoms with Gasteiger partial charge in [-0.3, -0.25) is 9.59 Å². The molecular formula is C32H39N5O4. The van der Waals surface area contributed by atoms with Gasteiger partial charge in [-0.25, -0.2) is 4.79 Å². The zero-order chi connectivity index (χ0) is 29.7. The Hall–Kier alpha value is -4.21. The van der Waals surface area contributed by atoms with Gasteiger partial charge in [0.05, 0.1) is 24.4 Å². The average Bonchev–Trinajstić information content (AvgIpc) is 3.05. The lowest BCUT2D eigenvalue weighted by Gasteiger charge is -2.33. The van der Waals surface area contributed by atoms with Crippen molar-refractivity contribution >= 4 is 29.2 Å². The number of aliphatic hydroxyl groups is 1. The zero-order valence-electron chi connectivity index (χ0n) is 23.8. The van der Waals surface area contributed by atoms with Crippen LogP contribution in [0.4, 0.5) is 16.2 Å². The van der Waals surface area contributed by atoms with Crippen LogP contribution in [0.1, 0.15) is 44.7 Å². The summed E-state index contributed by atoms with van der Waals surface area (Å²) in [5, 5.41) is 15.4. The fourth-order valence-electron chi connectivity index (χ4n) is 5.47. The molecule has 1 heterocycles. The van der Waals surface area contributed by atoms with Gasteiger partial charge in [0.2, 0.25) is 11.8 Å². The van der Waals surface area contributed by atoms with Crippen LogP contribution in [0.25, 0.3) is 11.1 Å². The van der Waals surface area contributed by atoms with Crippen molar-refractivity contribution in [3.05, 3.63) is 83.9 Å². The van der Waals surface area contributed by atoms with E-state index in [4.69, 9.17) is 11.5 Å². The Morgan fingerprint density at radius 2 is 1.71 bits per heavy atom. The maximum absolute atomic E-state index is 13.9. The molecule has 0 spiro atoms. The fraction of sp³-hybridized carbons (Fsp3) is 0.344. The summed E-state index contributed by atoms with van der Waals surface area (Å²) in [7, 11) is 0. The number of aliphatic hydroxyl groups excluding tert-OH is 1. The van der Waals surface area contributed by atoms with Crippen LogP contribution in [-0.2, 0) is 22.6 Å². The number of hydrogen-bond acceptors (Lipinski definition) is 5. The van der Waals surface area contributed by atoms with E-state index in [9.17, 15) is 19.5 Å². The average molecular weight is 558 g/mol. The van der Waals surface area contributed by atoms with Crippen LogP contribution in [0.2, 0.25) is 0 Å². The summed E-state index contributed by atoms with van der Waals surface area (Å²) < 4.78 is 0. The highest BCUT2D eigenvalue weighted by Gasteiger charge is 2.37. The van der Waals surface area contributed by atoms with Crippen LogP contribution >= 0.6 is 0 Å². The van der Waals surface area contributed by atoms with E-state index >= 15 is 0 Å². The number of urea groups is 1. The number of carbonyl (C=O) groups excluding carboxylic acids is 3. The first-order valence-corrected chi connectivity index (χ1v) is 13.8. The lowest BCUT2D eigenvalue weighted by Crippen LogP contribution is -2.56. The minimum absolute atomic E-state index is 0.205. The quantitative estimate of drug-likeness (QED) is 0.270. The second-order valence-corrected chi connectivity index (χ2v) is 11.4. The van der Waals surface area contributed by atoms with Crippen LogP contribution in [-0.4, -0.2) is 41.1 Å². The number of nitrogens with one attached hydrogen (secondary N) is 2. The first-order chi connectivity index (χ1) is 19.5. The number of nitrogens with zero attached hydrogens (tertiary/aromatic N) is 1. The van der Waals surface area contributed by atoms with Crippen LogP contribution in [0, 0.1) is 5.41 Å². The van der Waals surface area contributed by atoms with E-state index in [2.05, 4.69) is 10.6 Å². The third kappa shape index (κ3) is 7.11. The fourth-order valence-corrected chi connectivity index (χ4v) is 5.47. The number of hydrogen-bond donors (Lipinski definition) is 5. The minimum Gasteiger partial charge on any atom is -0.393 e. The number of aryl methyl sites for hydroxylation is 1. The van der Waals surface area contributed by atoms with E-state index < -0.39 is 35.5 Å². The van der Waals surface area contributed by atoms with Crippen molar-refractivity contribution < 1.29 is 19.5 Å². The molecule has 3 atom stereocenters. The molecular weight excluding hydrogens is 518 g/mol. The summed E-state index contributed by atoms with van der Waals surface area (Å²) in [5.41, 5.74) is 16.1. The number of amides is 4. The molecule has 0 aliphatic carbocycles. The number of nitrogens with two attached hydrogens (primary N) is 2. The minimum atomic E-state index is -0.886. The van der Waals surface area contributed by atoms with Gasteiger partial charge in [-0.2, -0.15) is 0 Å². The third-order valence-electron chi connectivity index (χ3n) is 7.60. The normalized spacial score (nSPS) is 16.8. The Labute approximate surface area is 240 Å². The van der Waals surface area contributed by atoms with Crippen molar-refractivity contribution in [3.8, 4) is 11.1 Å². The number of para-hydroxylation sites is 2. The molecule has 0 fully saturated rings. The molecule has 1 aliphatic heterocycles. The van der Waals surface area contributed by atoms with Crippen molar-refractivity contribution in [2.75, 3.05) is 10.2 Å². The van der Waals surface area contributed by atoms with Crippen molar-refractivity contribution in [2.45, 2.75) is 64.8 Å². The Bertz CT molecular complexity index is 1400. The lowest BCUT2D eigenvalue weighted by atomic mass is 9.79. The monoisotopic (exact) mass is 557 g/mol. The Morgan fingerprint density at radius 3 is 2.39 bits per heavy atom. The van der Waals surface area contributed by atoms with E-state index in [0.29, 0.717) is 31.5 Å². The van der Waals surface area contributed by atoms with Crippen LogP contribution < -0.4 is 27.0 Å². The van der Waals surface area contributed by atoms with Crippen molar-refractivity contribution in [1.82, 2.24) is 5.32 Å². The summed E-state index contributed by atoms with van der Waals surface area (Å²) in [6.07, 6.45) is 0.826. The van der Waals surface area contributed by atoms with E-state index in [1.165, 1.54) is 0 Å². The number of primary amides is 1. The molecule has 1 aliphatic rings. The zero-order valence-corrected chi connectivity index (χ0v) is 23.8. The molecule has 1 unspecified atom stereocenters. The summed E-state index contributed by atoms with van der Waals surface area (Å²) >= 11 is 0. The van der Waals surface area contributed by atoms with E-state index in [1.807, 2.05) is 80.6 Å². The molecule has 3 aromatic rings. The van der Waals surface area contributed by atoms with Crippen LogP contribution in [0.15, 0.2) is 72.8 Å². The number of fused-ring (bicyclic) bond motifs is 1. The lowest BCUT2D eigenvalue weighted by molar-refractivity contribution is -0.130. The molecule has 0 saturated carbocycles. The molecule has 3 aromatic carbocycles. The highest BCUT2D eigenvalue weighted by atomic mass is 16.3. The molecule has 0 radical (unpaired) electrons. The van der Waals surface area contributed by atoms with Crippen LogP contribution in [0.5, 0.6) is 0 Å². The third-order valence-corrected chi connectivity index (χ3v) is 7.60. The van der Waals surface area contributed by atoms with Crippen LogP contribution in [0.3, 0.4) is 0 Å². The molecule has 41 heavy (non-hydrogen) atoms. The first-order valence-electron chi connectivity index (χ1n) is 13.8. The highest BCUT2D eigenvalue weighted by molar-refractivity contribution is 6.01. The Morgan fingerprint density at radius 1 is 1.05 bits per heavy atom. The van der Waals surface area contributed by atoms with Gasteiger partial charge in [0, 0.05) is 11.3 Å². The molecule has 9 heteroatoms. The largest absolute Gasteiger partial charge is 0.393 e. The van der Waals surface area contributed by atoms with Gasteiger partial charge in [0.25, 0.3) is 0 Å². The molecule has 7 N–H and O–H groups in total. The number of rotatable bonds is 9. The summed E-state index contributed by atoms with van der Waals surface area (Å²) in [6.45, 7) is 5.66. The van der Waals surface area contributed by atoms with Crippen molar-refractivity contribution in [2.24, 2.45) is 16.9 Å². The molecule has 9 nitrogen and oxygen atoms in total. The number of carbonyl (C=O) groups is 3. The topological polar surface area (TPSA) is 151 Å². The smallest absolute Gasteiger partial charge is 0.316 e. The molecule has 0 bridgehead atoms. The van der Waals surface area contributed by atoms with Gasteiger partial charge in [-0.05, 0) is 60.4 Å². The molecule has 0 saturated heterocycles. The first kappa shape index (κ1) is 29.8. The van der Waals surface area contributed by atoms with Gasteiger partial charge in [-0.15, -0.1) is 0 Å². The number of anilines is 2. The highest BCUT2D eigenvalue weighted by Crippen LogP contribution is 2.32. The predicted molar refractivity (Wildman–Crippen MR) is 161 cm³/mol. The molecule has 0 aromatic heterocycles. The molecule has 216 valence electrons. The number of benzene rings is 3. The summed E-state index contributed by atoms with van der Waals surface area (Å²) in [4.78, 5) is 40.3. The van der Waals surface area contributed by atoms with Crippen molar-refractivity contribution in [1.29, 1.82) is 0 Å². The van der Waals surface area contributed by atoms with E-state index in [1.54, 1.807) is 17.9 Å². The standard InChI is InChI=1S/C32H39N5O4/c1-20(38)18-32(2,3)28(33)29(39)35-26-17-16-23-8-4-7-11-27(23)37(30(26)40)19-21-12-14-22(15-13-21)24-9-5-6-10-25(24)36-31(34)41/h4-15,20,26,28,38H,16-19,33H2,1-3H3,(H,35,39)(H3,34,36,41)/t20-,26-,28?/m1/s1. The van der Waals surface area contributed by atoms with Gasteiger partial charge >= 0.3 is 6.03 Å². The summed E-state index contributed by atoms with van der Waals surface area (Å²) in [6, 6.07) is 20.7. The predicted octanol–water partition coefficient (Wildman–Crippen LogP) is 3.93. The van der Waals surface area contributed by atoms with Gasteiger partial charge in [-0.1, -0.05) is 74.5 Å². The van der Waals surface area contributed by atoms with Gasteiger partial charge < -0.3 is 32.1 Å². The SMILES string of the molecule is C[C@@H](O)CC(C)(C)C(N)C(=O)N[C@@H]1CCc2ccccc2N(Cc2ccc(-c3ccccc3NC(N)=O)cc2)C1=O. The maximum atomic E-state index is 13.9.